The smallest absolute Gasteiger partial charge is 0.335 e. The van der Waals surface area contributed by atoms with Crippen molar-refractivity contribution in [3.63, 3.8) is 0 Å². The maximum Gasteiger partial charge on any atom is 0.335 e. The molecule has 6 rings (SSSR count). The summed E-state index contributed by atoms with van der Waals surface area (Å²) < 4.78 is 9.17. The van der Waals surface area contributed by atoms with E-state index < -0.39 is 5.97 Å². The number of fused-ring (bicyclic) bond motifs is 3. The van der Waals surface area contributed by atoms with Gasteiger partial charge in [0.15, 0.2) is 5.71 Å². The lowest BCUT2D eigenvalue weighted by Gasteiger charge is -2.40. The summed E-state index contributed by atoms with van der Waals surface area (Å²) in [6, 6.07) is 22.6. The van der Waals surface area contributed by atoms with Crippen LogP contribution in [0, 0.1) is 5.92 Å². The summed E-state index contributed by atoms with van der Waals surface area (Å²) in [6.07, 6.45) is 7.46. The highest BCUT2D eigenvalue weighted by Gasteiger charge is 2.43. The number of benzene rings is 3. The average molecular weight is 562 g/mol. The van der Waals surface area contributed by atoms with E-state index in [2.05, 4.69) is 98.8 Å². The Morgan fingerprint density at radius 3 is 2.50 bits per heavy atom. The van der Waals surface area contributed by atoms with E-state index in [0.717, 1.165) is 60.7 Å². The normalized spacial score (nSPS) is 20.7. The van der Waals surface area contributed by atoms with Crippen LogP contribution in [0.5, 0.6) is 5.75 Å². The van der Waals surface area contributed by atoms with Gasteiger partial charge in [-0.3, -0.25) is 0 Å². The van der Waals surface area contributed by atoms with E-state index in [9.17, 15) is 9.90 Å². The van der Waals surface area contributed by atoms with Crippen LogP contribution in [0.15, 0.2) is 90.2 Å². The number of ether oxygens (including phenoxy) is 1. The van der Waals surface area contributed by atoms with E-state index in [1.807, 2.05) is 18.2 Å². The molecule has 0 aromatic heterocycles. The van der Waals surface area contributed by atoms with Gasteiger partial charge in [0.05, 0.1) is 11.0 Å². The van der Waals surface area contributed by atoms with Crippen LogP contribution < -0.4 is 9.64 Å². The van der Waals surface area contributed by atoms with Crippen molar-refractivity contribution >= 4 is 23.1 Å². The first-order chi connectivity index (χ1) is 20.3. The summed E-state index contributed by atoms with van der Waals surface area (Å²) in [4.78, 5) is 14.7. The van der Waals surface area contributed by atoms with Gasteiger partial charge in [-0.2, -0.15) is 4.58 Å². The van der Waals surface area contributed by atoms with Gasteiger partial charge in [0.1, 0.15) is 18.6 Å². The molecule has 216 valence electrons. The topological polar surface area (TPSA) is 52.8 Å². The first-order valence-electron chi connectivity index (χ1n) is 15.3. The van der Waals surface area contributed by atoms with Crippen molar-refractivity contribution in [2.24, 2.45) is 5.92 Å². The number of hydrogen-bond acceptors (Lipinski definition) is 3. The van der Waals surface area contributed by atoms with Crippen molar-refractivity contribution in [3.05, 3.63) is 112 Å². The van der Waals surface area contributed by atoms with Gasteiger partial charge in [0.2, 0.25) is 5.69 Å². The Morgan fingerprint density at radius 1 is 1.02 bits per heavy atom. The van der Waals surface area contributed by atoms with Gasteiger partial charge in [-0.05, 0) is 76.3 Å². The zero-order valence-corrected chi connectivity index (χ0v) is 25.4. The predicted molar refractivity (Wildman–Crippen MR) is 170 cm³/mol. The fourth-order valence-electron chi connectivity index (χ4n) is 7.45. The molecule has 1 aliphatic carbocycles. The van der Waals surface area contributed by atoms with E-state index in [1.165, 1.54) is 22.5 Å². The Hall–Kier alpha value is -4.12. The summed E-state index contributed by atoms with van der Waals surface area (Å²) in [7, 11) is 2.15. The van der Waals surface area contributed by atoms with Crippen molar-refractivity contribution < 1.29 is 19.2 Å². The Bertz CT molecular complexity index is 1640. The third-order valence-corrected chi connectivity index (χ3v) is 9.61. The molecule has 0 amide bonds. The van der Waals surface area contributed by atoms with Crippen LogP contribution in [0.4, 0.5) is 11.4 Å². The summed E-state index contributed by atoms with van der Waals surface area (Å²) in [5.74, 6) is 0.919. The van der Waals surface area contributed by atoms with Crippen LogP contribution in [-0.4, -0.2) is 41.5 Å². The molecule has 0 bridgehead atoms. The standard InChI is InChI=1S/C37H40N2O3/c1-6-39(7-2)25-20-21-28-32(23-25)42-35-24(19-22-33-37(3,4)30-17-10-11-18-31(30)38(33)5)13-12-16-29(35)34(28)26-14-8-9-15-27(26)36(40)41/h8-11,14-15,17-23,29,34H,6-7,12-13,16H2,1-5H3/p+1/b22-19-. The van der Waals surface area contributed by atoms with Gasteiger partial charge in [-0.1, -0.05) is 42.5 Å². The Balaban J connectivity index is 1.49. The van der Waals surface area contributed by atoms with Crippen LogP contribution >= 0.6 is 0 Å². The summed E-state index contributed by atoms with van der Waals surface area (Å²) in [5.41, 5.74) is 8.36. The summed E-state index contributed by atoms with van der Waals surface area (Å²) in [5, 5.41) is 10.2. The van der Waals surface area contributed by atoms with Crippen molar-refractivity contribution in [2.75, 3.05) is 25.0 Å². The molecular formula is C37H41N2O3+. The molecule has 0 spiro atoms. The third-order valence-electron chi connectivity index (χ3n) is 9.61. The molecule has 3 aliphatic rings. The predicted octanol–water partition coefficient (Wildman–Crippen LogP) is 8.07. The van der Waals surface area contributed by atoms with E-state index >= 15 is 0 Å². The third kappa shape index (κ3) is 4.56. The number of hydrogen-bond donors (Lipinski definition) is 1. The molecule has 0 radical (unpaired) electrons. The molecule has 0 saturated carbocycles. The number of carboxylic acid groups (broad SMARTS) is 1. The Kier molecular flexibility index (Phi) is 7.30. The molecule has 3 aromatic carbocycles. The SMILES string of the molecule is CCN(CC)c1ccc2c(c1)OC1=C(/C=C\C3=[N+](C)c4ccccc4C3(C)C)CCCC1C2c1ccccc1C(=O)O. The van der Waals surface area contributed by atoms with Gasteiger partial charge in [-0.15, -0.1) is 0 Å². The molecule has 2 aliphatic heterocycles. The summed E-state index contributed by atoms with van der Waals surface area (Å²) in [6.45, 7) is 10.7. The molecule has 5 nitrogen and oxygen atoms in total. The van der Waals surface area contributed by atoms with Gasteiger partial charge >= 0.3 is 5.97 Å². The fourth-order valence-corrected chi connectivity index (χ4v) is 7.45. The number of nitrogens with zero attached hydrogens (tertiary/aromatic N) is 2. The second-order valence-electron chi connectivity index (χ2n) is 12.2. The zero-order chi connectivity index (χ0) is 29.6. The van der Waals surface area contributed by atoms with Crippen LogP contribution in [0.25, 0.3) is 0 Å². The largest absolute Gasteiger partial charge is 0.478 e. The van der Waals surface area contributed by atoms with Crippen molar-refractivity contribution in [1.29, 1.82) is 0 Å². The lowest BCUT2D eigenvalue weighted by atomic mass is 9.71. The number of carbonyl (C=O) groups is 1. The molecule has 5 heteroatoms. The number of para-hydroxylation sites is 1. The first-order valence-corrected chi connectivity index (χ1v) is 15.3. The Morgan fingerprint density at radius 2 is 1.76 bits per heavy atom. The number of rotatable bonds is 7. The fraction of sp³-hybridized carbons (Fsp3) is 0.351. The van der Waals surface area contributed by atoms with Crippen molar-refractivity contribution in [1.82, 2.24) is 0 Å². The molecule has 42 heavy (non-hydrogen) atoms. The van der Waals surface area contributed by atoms with E-state index in [-0.39, 0.29) is 17.3 Å². The average Bonchev–Trinajstić information content (AvgIpc) is 3.19. The quantitative estimate of drug-likeness (QED) is 0.296. The molecule has 2 unspecified atom stereocenters. The second-order valence-corrected chi connectivity index (χ2v) is 12.2. The second kappa shape index (κ2) is 10.9. The number of carboxylic acids is 1. The number of allylic oxidation sites excluding steroid dienone is 4. The first kappa shape index (κ1) is 28.0. The molecule has 2 heterocycles. The minimum Gasteiger partial charge on any atom is -0.478 e. The van der Waals surface area contributed by atoms with E-state index in [4.69, 9.17) is 4.74 Å². The van der Waals surface area contributed by atoms with Crippen LogP contribution in [0.2, 0.25) is 0 Å². The maximum atomic E-state index is 12.4. The lowest BCUT2D eigenvalue weighted by molar-refractivity contribution is -0.401. The van der Waals surface area contributed by atoms with Crippen molar-refractivity contribution in [2.45, 2.75) is 58.3 Å². The Labute approximate surface area is 249 Å². The van der Waals surface area contributed by atoms with Crippen LogP contribution in [-0.2, 0) is 5.41 Å². The highest BCUT2D eigenvalue weighted by atomic mass is 16.5. The molecule has 0 saturated heterocycles. The van der Waals surface area contributed by atoms with Crippen LogP contribution in [0.3, 0.4) is 0 Å². The van der Waals surface area contributed by atoms with E-state index in [0.29, 0.717) is 5.56 Å². The highest BCUT2D eigenvalue weighted by molar-refractivity contribution is 6.03. The summed E-state index contributed by atoms with van der Waals surface area (Å²) >= 11 is 0. The monoisotopic (exact) mass is 561 g/mol. The van der Waals surface area contributed by atoms with E-state index in [1.54, 1.807) is 6.07 Å². The molecule has 2 atom stereocenters. The molecule has 3 aromatic rings. The minimum absolute atomic E-state index is 0.0715. The lowest BCUT2D eigenvalue weighted by Crippen LogP contribution is -2.30. The van der Waals surface area contributed by atoms with Crippen LogP contribution in [0.1, 0.15) is 79.9 Å². The van der Waals surface area contributed by atoms with Gasteiger partial charge in [0, 0.05) is 59.9 Å². The maximum absolute atomic E-state index is 12.4. The van der Waals surface area contributed by atoms with Gasteiger partial charge in [-0.25, -0.2) is 4.79 Å². The van der Waals surface area contributed by atoms with Crippen molar-refractivity contribution in [3.8, 4) is 5.75 Å². The molecular weight excluding hydrogens is 520 g/mol. The highest BCUT2D eigenvalue weighted by Crippen LogP contribution is 2.52. The molecule has 0 fully saturated rings. The number of anilines is 1. The number of aromatic carboxylic acids is 1. The van der Waals surface area contributed by atoms with Gasteiger partial charge < -0.3 is 14.7 Å². The van der Waals surface area contributed by atoms with Gasteiger partial charge in [0.25, 0.3) is 0 Å². The zero-order valence-electron chi connectivity index (χ0n) is 25.4. The minimum atomic E-state index is -0.887. The molecule has 1 N–H and O–H groups in total.